The topological polar surface area (TPSA) is 46.7 Å². The quantitative estimate of drug-likeness (QED) is 0.832. The summed E-state index contributed by atoms with van der Waals surface area (Å²) in [5.41, 5.74) is 1.31. The van der Waals surface area contributed by atoms with Gasteiger partial charge in [-0.3, -0.25) is 14.5 Å². The first-order valence-electron chi connectivity index (χ1n) is 8.85. The molecule has 6 nitrogen and oxygen atoms in total. The number of furan rings is 1. The number of likely N-dealkylation sites (tertiary alicyclic amines) is 1. The number of ether oxygens (including phenoxy) is 1. The minimum Gasteiger partial charge on any atom is -0.468 e. The van der Waals surface area contributed by atoms with Crippen LogP contribution in [0.25, 0.3) is 0 Å². The van der Waals surface area contributed by atoms with Gasteiger partial charge < -0.3 is 9.15 Å². The Kier molecular flexibility index (Phi) is 4.69. The molecule has 2 aliphatic heterocycles. The number of nitrogens with zero attached hydrogens (tertiary/aromatic N) is 4. The van der Waals surface area contributed by atoms with E-state index >= 15 is 0 Å². The van der Waals surface area contributed by atoms with Crippen molar-refractivity contribution >= 4 is 0 Å². The molecule has 0 amide bonds. The summed E-state index contributed by atoms with van der Waals surface area (Å²) < 4.78 is 13.0. The highest BCUT2D eigenvalue weighted by Crippen LogP contribution is 2.28. The molecular weight excluding hydrogens is 304 g/mol. The number of aryl methyl sites for hydroxylation is 1. The van der Waals surface area contributed by atoms with Crippen LogP contribution in [0, 0.1) is 0 Å². The first-order valence-corrected chi connectivity index (χ1v) is 8.85. The molecule has 0 bridgehead atoms. The van der Waals surface area contributed by atoms with Crippen molar-refractivity contribution in [3.63, 3.8) is 0 Å². The lowest BCUT2D eigenvalue weighted by Crippen LogP contribution is -2.50. The summed E-state index contributed by atoms with van der Waals surface area (Å²) in [6, 6.07) is 5.13. The number of aromatic nitrogens is 2. The summed E-state index contributed by atoms with van der Waals surface area (Å²) >= 11 is 0. The molecule has 4 rings (SSSR count). The van der Waals surface area contributed by atoms with Gasteiger partial charge in [0, 0.05) is 45.0 Å². The zero-order valence-corrected chi connectivity index (χ0v) is 14.3. The van der Waals surface area contributed by atoms with Gasteiger partial charge in [0.1, 0.15) is 5.76 Å². The van der Waals surface area contributed by atoms with E-state index in [9.17, 15) is 0 Å². The van der Waals surface area contributed by atoms with Crippen LogP contribution in [0.4, 0.5) is 0 Å². The minimum absolute atomic E-state index is 0.498. The van der Waals surface area contributed by atoms with Crippen LogP contribution in [0.5, 0.6) is 0 Å². The van der Waals surface area contributed by atoms with Gasteiger partial charge in [0.15, 0.2) is 0 Å². The molecule has 0 radical (unpaired) electrons. The van der Waals surface area contributed by atoms with Gasteiger partial charge in [-0.15, -0.1) is 0 Å². The smallest absolute Gasteiger partial charge is 0.117 e. The Labute approximate surface area is 143 Å². The van der Waals surface area contributed by atoms with Gasteiger partial charge in [0.05, 0.1) is 32.2 Å². The molecule has 0 aliphatic carbocycles. The van der Waals surface area contributed by atoms with Crippen molar-refractivity contribution in [3.8, 4) is 0 Å². The van der Waals surface area contributed by atoms with Crippen LogP contribution in [0.15, 0.2) is 35.2 Å². The molecule has 6 heteroatoms. The Balaban J connectivity index is 1.52. The van der Waals surface area contributed by atoms with Crippen LogP contribution in [-0.4, -0.2) is 64.5 Å². The molecule has 0 spiro atoms. The summed E-state index contributed by atoms with van der Waals surface area (Å²) in [5.74, 6) is 1.05. The molecule has 2 fully saturated rings. The summed E-state index contributed by atoms with van der Waals surface area (Å²) in [6.07, 6.45) is 8.16. The molecule has 0 N–H and O–H groups in total. The highest BCUT2D eigenvalue weighted by Gasteiger charge is 2.38. The maximum absolute atomic E-state index is 5.59. The largest absolute Gasteiger partial charge is 0.468 e. The second kappa shape index (κ2) is 7.09. The Morgan fingerprint density at radius 1 is 1.25 bits per heavy atom. The fraction of sp³-hybridized carbons (Fsp3) is 0.611. The standard InChI is InChI=1S/C18H26N4O2/c1-20-13-15(12-19-20)11-18-17(21-6-9-23-10-7-21)4-5-22(18)14-16-3-2-8-24-16/h2-3,8,12-13,17-18H,4-7,9-11,14H2,1H3/t17-,18+/m0/s1. The third kappa shape index (κ3) is 3.41. The van der Waals surface area contributed by atoms with E-state index in [1.807, 2.05) is 24.0 Å². The van der Waals surface area contributed by atoms with Crippen molar-refractivity contribution in [3.05, 3.63) is 42.1 Å². The van der Waals surface area contributed by atoms with Crippen molar-refractivity contribution in [2.45, 2.75) is 31.5 Å². The summed E-state index contributed by atoms with van der Waals surface area (Å²) in [5, 5.41) is 4.34. The number of hydrogen-bond donors (Lipinski definition) is 0. The van der Waals surface area contributed by atoms with Crippen molar-refractivity contribution in [2.75, 3.05) is 32.8 Å². The maximum Gasteiger partial charge on any atom is 0.117 e. The third-order valence-electron chi connectivity index (χ3n) is 5.28. The molecule has 2 aromatic heterocycles. The number of hydrogen-bond acceptors (Lipinski definition) is 5. The van der Waals surface area contributed by atoms with Crippen LogP contribution >= 0.6 is 0 Å². The van der Waals surface area contributed by atoms with E-state index in [-0.39, 0.29) is 0 Å². The molecule has 24 heavy (non-hydrogen) atoms. The minimum atomic E-state index is 0.498. The zero-order valence-electron chi connectivity index (χ0n) is 14.3. The average molecular weight is 330 g/mol. The second-order valence-electron chi connectivity index (χ2n) is 6.85. The van der Waals surface area contributed by atoms with E-state index in [1.54, 1.807) is 6.26 Å². The Hall–Kier alpha value is -1.63. The van der Waals surface area contributed by atoms with Gasteiger partial charge in [0.2, 0.25) is 0 Å². The van der Waals surface area contributed by atoms with Crippen LogP contribution in [0.3, 0.4) is 0 Å². The van der Waals surface area contributed by atoms with Crippen LogP contribution in [0.2, 0.25) is 0 Å². The van der Waals surface area contributed by atoms with Crippen LogP contribution in [-0.2, 0) is 24.8 Å². The Morgan fingerprint density at radius 2 is 2.12 bits per heavy atom. The molecule has 2 aromatic rings. The van der Waals surface area contributed by atoms with E-state index in [4.69, 9.17) is 9.15 Å². The van der Waals surface area contributed by atoms with E-state index in [0.29, 0.717) is 12.1 Å². The molecule has 2 aliphatic rings. The van der Waals surface area contributed by atoms with E-state index in [1.165, 1.54) is 12.0 Å². The lowest BCUT2D eigenvalue weighted by molar-refractivity contribution is 0.00756. The maximum atomic E-state index is 5.59. The second-order valence-corrected chi connectivity index (χ2v) is 6.85. The molecule has 4 heterocycles. The van der Waals surface area contributed by atoms with E-state index in [0.717, 1.165) is 51.6 Å². The van der Waals surface area contributed by atoms with Gasteiger partial charge in [-0.05, 0) is 30.5 Å². The molecule has 130 valence electrons. The van der Waals surface area contributed by atoms with Gasteiger partial charge >= 0.3 is 0 Å². The first kappa shape index (κ1) is 15.9. The van der Waals surface area contributed by atoms with E-state index in [2.05, 4.69) is 27.2 Å². The molecular formula is C18H26N4O2. The zero-order chi connectivity index (χ0) is 16.4. The average Bonchev–Trinajstić information content (AvgIpc) is 3.33. The lowest BCUT2D eigenvalue weighted by Gasteiger charge is -2.37. The van der Waals surface area contributed by atoms with Gasteiger partial charge in [-0.1, -0.05) is 0 Å². The van der Waals surface area contributed by atoms with Crippen molar-refractivity contribution in [1.29, 1.82) is 0 Å². The summed E-state index contributed by atoms with van der Waals surface area (Å²) in [6.45, 7) is 5.81. The normalized spacial score (nSPS) is 26.2. The summed E-state index contributed by atoms with van der Waals surface area (Å²) in [4.78, 5) is 5.19. The molecule has 2 saturated heterocycles. The highest BCUT2D eigenvalue weighted by atomic mass is 16.5. The van der Waals surface area contributed by atoms with Gasteiger partial charge in [-0.2, -0.15) is 5.10 Å². The molecule has 0 aromatic carbocycles. The van der Waals surface area contributed by atoms with Crippen molar-refractivity contribution in [1.82, 2.24) is 19.6 Å². The number of rotatable bonds is 5. The highest BCUT2D eigenvalue weighted by molar-refractivity contribution is 5.10. The first-order chi connectivity index (χ1) is 11.8. The predicted molar refractivity (Wildman–Crippen MR) is 90.6 cm³/mol. The van der Waals surface area contributed by atoms with Gasteiger partial charge in [-0.25, -0.2) is 0 Å². The van der Waals surface area contributed by atoms with Crippen molar-refractivity contribution in [2.24, 2.45) is 7.05 Å². The Morgan fingerprint density at radius 3 is 2.83 bits per heavy atom. The van der Waals surface area contributed by atoms with E-state index < -0.39 is 0 Å². The number of morpholine rings is 1. The molecule has 0 unspecified atom stereocenters. The SMILES string of the molecule is Cn1cc(C[C@@H]2[C@@H](N3CCOCC3)CCN2Cc2ccco2)cn1. The fourth-order valence-electron chi connectivity index (χ4n) is 4.12. The van der Waals surface area contributed by atoms with Crippen LogP contribution < -0.4 is 0 Å². The Bertz CT molecular complexity index is 633. The fourth-order valence-corrected chi connectivity index (χ4v) is 4.12. The van der Waals surface area contributed by atoms with Gasteiger partial charge in [0.25, 0.3) is 0 Å². The predicted octanol–water partition coefficient (Wildman–Crippen LogP) is 1.53. The third-order valence-corrected chi connectivity index (χ3v) is 5.28. The lowest BCUT2D eigenvalue weighted by atomic mass is 10.00. The van der Waals surface area contributed by atoms with Crippen molar-refractivity contribution < 1.29 is 9.15 Å². The molecule has 0 saturated carbocycles. The van der Waals surface area contributed by atoms with Crippen LogP contribution in [0.1, 0.15) is 17.7 Å². The monoisotopic (exact) mass is 330 g/mol. The molecule has 2 atom stereocenters. The summed E-state index contributed by atoms with van der Waals surface area (Å²) in [7, 11) is 1.98.